The molecule has 6 nitrogen and oxygen atoms in total. The van der Waals surface area contributed by atoms with Gasteiger partial charge in [-0.3, -0.25) is 4.79 Å². The molecule has 0 aliphatic rings. The summed E-state index contributed by atoms with van der Waals surface area (Å²) in [5, 5.41) is 6.01. The fraction of sp³-hybridized carbons (Fsp3) is 0.353. The molecule has 23 heavy (non-hydrogen) atoms. The van der Waals surface area contributed by atoms with Crippen molar-refractivity contribution in [2.24, 2.45) is 0 Å². The van der Waals surface area contributed by atoms with Crippen molar-refractivity contribution in [2.45, 2.75) is 13.3 Å². The van der Waals surface area contributed by atoms with Crippen molar-refractivity contribution in [1.29, 1.82) is 0 Å². The minimum Gasteiger partial charge on any atom is -0.369 e. The number of rotatable bonds is 7. The van der Waals surface area contributed by atoms with E-state index in [2.05, 4.69) is 25.5 Å². The number of hydrogen-bond donors (Lipinski definition) is 2. The van der Waals surface area contributed by atoms with Crippen molar-refractivity contribution in [2.75, 3.05) is 37.8 Å². The van der Waals surface area contributed by atoms with Crippen LogP contribution in [0.5, 0.6) is 0 Å². The predicted molar refractivity (Wildman–Crippen MR) is 92.8 cm³/mol. The molecule has 1 aromatic carbocycles. The van der Waals surface area contributed by atoms with E-state index in [1.165, 1.54) is 6.20 Å². The van der Waals surface area contributed by atoms with Gasteiger partial charge in [-0.2, -0.15) is 0 Å². The predicted octanol–water partition coefficient (Wildman–Crippen LogP) is 2.40. The highest BCUT2D eigenvalue weighted by atomic mass is 16.1. The Kier molecular flexibility index (Phi) is 6.05. The Morgan fingerprint density at radius 3 is 2.70 bits per heavy atom. The molecule has 0 radical (unpaired) electrons. The molecule has 2 aromatic rings. The van der Waals surface area contributed by atoms with Crippen LogP contribution in [0.2, 0.25) is 0 Å². The van der Waals surface area contributed by atoms with Crippen LogP contribution < -0.4 is 10.6 Å². The summed E-state index contributed by atoms with van der Waals surface area (Å²) in [5.41, 5.74) is 2.14. The zero-order valence-corrected chi connectivity index (χ0v) is 13.8. The number of aryl methyl sites for hydroxylation is 1. The number of hydrogen-bond acceptors (Lipinski definition) is 5. The van der Waals surface area contributed by atoms with Crippen LogP contribution in [0.4, 0.5) is 11.5 Å². The summed E-state index contributed by atoms with van der Waals surface area (Å²) >= 11 is 0. The average Bonchev–Trinajstić information content (AvgIpc) is 2.52. The highest BCUT2D eigenvalue weighted by Crippen LogP contribution is 2.11. The Bertz CT molecular complexity index is 640. The molecule has 0 fully saturated rings. The minimum absolute atomic E-state index is 0.262. The highest BCUT2D eigenvalue weighted by Gasteiger charge is 2.08. The molecule has 1 heterocycles. The average molecular weight is 313 g/mol. The van der Waals surface area contributed by atoms with Gasteiger partial charge in [0.05, 0.1) is 12.4 Å². The maximum absolute atomic E-state index is 12.1. The summed E-state index contributed by atoms with van der Waals surface area (Å²) < 4.78 is 0. The number of carbonyl (C=O) groups is 1. The second kappa shape index (κ2) is 8.24. The fourth-order valence-corrected chi connectivity index (χ4v) is 2.07. The molecule has 0 saturated carbocycles. The van der Waals surface area contributed by atoms with Crippen molar-refractivity contribution in [3.05, 3.63) is 47.9 Å². The third kappa shape index (κ3) is 5.67. The van der Waals surface area contributed by atoms with E-state index in [9.17, 15) is 4.79 Å². The van der Waals surface area contributed by atoms with Gasteiger partial charge in [0.25, 0.3) is 5.91 Å². The lowest BCUT2D eigenvalue weighted by molar-refractivity contribution is 0.102. The van der Waals surface area contributed by atoms with Gasteiger partial charge in [-0.25, -0.2) is 9.97 Å². The molecule has 2 rings (SSSR count). The lowest BCUT2D eigenvalue weighted by Gasteiger charge is -2.10. The number of aromatic nitrogens is 2. The molecule has 1 aromatic heterocycles. The number of amides is 1. The number of nitrogens with zero attached hydrogens (tertiary/aromatic N) is 3. The van der Waals surface area contributed by atoms with Gasteiger partial charge >= 0.3 is 0 Å². The van der Waals surface area contributed by atoms with Gasteiger partial charge in [-0.05, 0) is 51.7 Å². The van der Waals surface area contributed by atoms with Crippen LogP contribution in [0.25, 0.3) is 0 Å². The normalized spacial score (nSPS) is 10.6. The Hall–Kier alpha value is -2.47. The number of nitrogens with one attached hydrogen (secondary N) is 2. The summed E-state index contributed by atoms with van der Waals surface area (Å²) in [5.74, 6) is 0.415. The van der Waals surface area contributed by atoms with Crippen molar-refractivity contribution in [3.8, 4) is 0 Å². The molecule has 6 heteroatoms. The van der Waals surface area contributed by atoms with Gasteiger partial charge in [-0.15, -0.1) is 0 Å². The molecule has 0 aliphatic heterocycles. The number of carbonyl (C=O) groups excluding carboxylic acids is 1. The molecule has 0 bridgehead atoms. The molecule has 122 valence electrons. The Labute approximate surface area is 137 Å². The summed E-state index contributed by atoms with van der Waals surface area (Å²) in [6.45, 7) is 3.81. The van der Waals surface area contributed by atoms with E-state index >= 15 is 0 Å². The van der Waals surface area contributed by atoms with E-state index in [0.717, 1.165) is 30.8 Å². The third-order valence-corrected chi connectivity index (χ3v) is 3.25. The van der Waals surface area contributed by atoms with E-state index in [-0.39, 0.29) is 5.91 Å². The minimum atomic E-state index is -0.262. The first-order chi connectivity index (χ1) is 11.0. The van der Waals surface area contributed by atoms with Gasteiger partial charge in [0.1, 0.15) is 11.5 Å². The van der Waals surface area contributed by atoms with Crippen LogP contribution in [-0.2, 0) is 0 Å². The maximum atomic E-state index is 12.1. The van der Waals surface area contributed by atoms with Gasteiger partial charge in [0, 0.05) is 12.2 Å². The van der Waals surface area contributed by atoms with Crippen molar-refractivity contribution >= 4 is 17.4 Å². The van der Waals surface area contributed by atoms with Gasteiger partial charge in [0.15, 0.2) is 0 Å². The van der Waals surface area contributed by atoms with Crippen LogP contribution in [-0.4, -0.2) is 48.0 Å². The summed E-state index contributed by atoms with van der Waals surface area (Å²) in [6.07, 6.45) is 4.09. The largest absolute Gasteiger partial charge is 0.369 e. The van der Waals surface area contributed by atoms with Crippen molar-refractivity contribution < 1.29 is 4.79 Å². The smallest absolute Gasteiger partial charge is 0.275 e. The van der Waals surface area contributed by atoms with E-state index in [1.807, 2.05) is 45.3 Å². The highest BCUT2D eigenvalue weighted by molar-refractivity contribution is 6.02. The van der Waals surface area contributed by atoms with E-state index in [4.69, 9.17) is 0 Å². The quantitative estimate of drug-likeness (QED) is 0.768. The summed E-state index contributed by atoms with van der Waals surface area (Å²) in [7, 11) is 4.09. The van der Waals surface area contributed by atoms with Gasteiger partial charge in [-0.1, -0.05) is 12.1 Å². The maximum Gasteiger partial charge on any atom is 0.275 e. The summed E-state index contributed by atoms with van der Waals surface area (Å²) in [6, 6.07) is 7.63. The van der Waals surface area contributed by atoms with Gasteiger partial charge < -0.3 is 15.5 Å². The molecule has 0 saturated heterocycles. The van der Waals surface area contributed by atoms with Gasteiger partial charge in [0.2, 0.25) is 0 Å². The Morgan fingerprint density at radius 2 is 2.04 bits per heavy atom. The first-order valence-electron chi connectivity index (χ1n) is 7.63. The Balaban J connectivity index is 1.87. The lowest BCUT2D eigenvalue weighted by atomic mass is 10.2. The number of anilines is 2. The van der Waals surface area contributed by atoms with Crippen LogP contribution in [0.15, 0.2) is 36.7 Å². The van der Waals surface area contributed by atoms with E-state index in [1.54, 1.807) is 6.20 Å². The first kappa shape index (κ1) is 16.9. The molecular weight excluding hydrogens is 290 g/mol. The Morgan fingerprint density at radius 1 is 1.22 bits per heavy atom. The number of benzene rings is 1. The molecule has 0 unspecified atom stereocenters. The standard InChI is InChI=1S/C17H23N5O/c1-13-6-4-7-14(10-13)21-17(23)15-11-20-16(12-19-15)18-8-5-9-22(2)3/h4,6-7,10-12H,5,8-9H2,1-3H3,(H,18,20)(H,21,23). The van der Waals surface area contributed by atoms with Crippen molar-refractivity contribution in [3.63, 3.8) is 0 Å². The molecular formula is C17H23N5O. The van der Waals surface area contributed by atoms with Crippen molar-refractivity contribution in [1.82, 2.24) is 14.9 Å². The lowest BCUT2D eigenvalue weighted by Crippen LogP contribution is -2.17. The molecule has 0 aliphatic carbocycles. The van der Waals surface area contributed by atoms with Crippen LogP contribution in [0.1, 0.15) is 22.5 Å². The second-order valence-electron chi connectivity index (χ2n) is 5.69. The van der Waals surface area contributed by atoms with E-state index < -0.39 is 0 Å². The second-order valence-corrected chi connectivity index (χ2v) is 5.69. The molecule has 0 atom stereocenters. The zero-order chi connectivity index (χ0) is 16.7. The third-order valence-electron chi connectivity index (χ3n) is 3.25. The molecule has 1 amide bonds. The SMILES string of the molecule is Cc1cccc(NC(=O)c2cnc(NCCCN(C)C)cn2)c1. The topological polar surface area (TPSA) is 70.2 Å². The molecule has 2 N–H and O–H groups in total. The first-order valence-corrected chi connectivity index (χ1v) is 7.63. The monoisotopic (exact) mass is 313 g/mol. The zero-order valence-electron chi connectivity index (χ0n) is 13.8. The van der Waals surface area contributed by atoms with Crippen LogP contribution >= 0.6 is 0 Å². The van der Waals surface area contributed by atoms with E-state index in [0.29, 0.717) is 11.5 Å². The molecule has 0 spiro atoms. The summed E-state index contributed by atoms with van der Waals surface area (Å²) in [4.78, 5) is 22.7. The van der Waals surface area contributed by atoms with Crippen LogP contribution in [0.3, 0.4) is 0 Å². The fourth-order valence-electron chi connectivity index (χ4n) is 2.07. The van der Waals surface area contributed by atoms with Crippen LogP contribution in [0, 0.1) is 6.92 Å².